The zero-order valence-electron chi connectivity index (χ0n) is 18.9. The minimum absolute atomic E-state index is 0.0903. The highest BCUT2D eigenvalue weighted by atomic mass is 19.4. The van der Waals surface area contributed by atoms with Crippen molar-refractivity contribution < 1.29 is 32.3 Å². The van der Waals surface area contributed by atoms with Gasteiger partial charge in [-0.3, -0.25) is 19.5 Å². The third-order valence-corrected chi connectivity index (χ3v) is 5.60. The highest BCUT2D eigenvalue weighted by Gasteiger charge is 2.30. The van der Waals surface area contributed by atoms with Gasteiger partial charge in [-0.2, -0.15) is 13.2 Å². The molecule has 0 aliphatic heterocycles. The molecule has 0 spiro atoms. The van der Waals surface area contributed by atoms with Gasteiger partial charge in [0, 0.05) is 6.07 Å². The lowest BCUT2D eigenvalue weighted by molar-refractivity contribution is -0.138. The number of rotatable bonds is 7. The topological polar surface area (TPSA) is 104 Å². The Labute approximate surface area is 207 Å². The predicted octanol–water partition coefficient (Wildman–Crippen LogP) is 4.94. The van der Waals surface area contributed by atoms with Crippen LogP contribution in [0, 0.1) is 5.82 Å². The Bertz CT molecular complexity index is 1490. The van der Waals surface area contributed by atoms with Crippen molar-refractivity contribution in [3.8, 4) is 16.8 Å². The maximum Gasteiger partial charge on any atom is 0.416 e. The van der Waals surface area contributed by atoms with Crippen LogP contribution in [0.1, 0.15) is 34.1 Å². The standard InChI is InChI=1S/C26H19F4N3O4/c27-19-3-1-2-4-22(19)33-23(34)13-21(32-33)25(37)31-20(14-24(35)36)17-7-5-15(6-8-17)16-9-11-18(12-10-16)26(28,29)30/h1-13,20,32H,14H2,(H,31,37)(H,35,36). The van der Waals surface area contributed by atoms with Crippen molar-refractivity contribution in [3.63, 3.8) is 0 Å². The number of nitrogens with one attached hydrogen (secondary N) is 2. The summed E-state index contributed by atoms with van der Waals surface area (Å²) in [5, 5.41) is 14.4. The largest absolute Gasteiger partial charge is 0.481 e. The zero-order chi connectivity index (χ0) is 26.7. The Hall–Kier alpha value is -4.67. The highest BCUT2D eigenvalue weighted by molar-refractivity contribution is 5.92. The second-order valence-electron chi connectivity index (χ2n) is 8.12. The molecule has 37 heavy (non-hydrogen) atoms. The molecule has 0 aliphatic rings. The van der Waals surface area contributed by atoms with Crippen molar-refractivity contribution in [2.24, 2.45) is 0 Å². The van der Waals surface area contributed by atoms with E-state index in [9.17, 15) is 37.1 Å². The Morgan fingerprint density at radius 3 is 2.11 bits per heavy atom. The Kier molecular flexibility index (Phi) is 6.96. The van der Waals surface area contributed by atoms with Gasteiger partial charge in [-0.05, 0) is 41.0 Å². The summed E-state index contributed by atoms with van der Waals surface area (Å²) < 4.78 is 53.3. The fourth-order valence-corrected chi connectivity index (χ4v) is 3.75. The van der Waals surface area contributed by atoms with Crippen LogP contribution in [0.4, 0.5) is 17.6 Å². The number of aromatic amines is 1. The molecule has 0 saturated heterocycles. The van der Waals surface area contributed by atoms with Crippen LogP contribution in [0.2, 0.25) is 0 Å². The van der Waals surface area contributed by atoms with E-state index in [4.69, 9.17) is 0 Å². The second-order valence-corrected chi connectivity index (χ2v) is 8.12. The van der Waals surface area contributed by atoms with Gasteiger partial charge in [-0.1, -0.05) is 48.5 Å². The average Bonchev–Trinajstić information content (AvgIpc) is 3.25. The number of carbonyl (C=O) groups excluding carboxylic acids is 1. The fourth-order valence-electron chi connectivity index (χ4n) is 3.75. The summed E-state index contributed by atoms with van der Waals surface area (Å²) >= 11 is 0. The van der Waals surface area contributed by atoms with E-state index < -0.39 is 47.5 Å². The summed E-state index contributed by atoms with van der Waals surface area (Å²) in [7, 11) is 0. The number of carboxylic acids is 1. The van der Waals surface area contributed by atoms with Gasteiger partial charge in [0.15, 0.2) is 0 Å². The van der Waals surface area contributed by atoms with E-state index in [1.165, 1.54) is 30.3 Å². The summed E-state index contributed by atoms with van der Waals surface area (Å²) in [4.78, 5) is 36.6. The third kappa shape index (κ3) is 5.77. The van der Waals surface area contributed by atoms with Crippen LogP contribution in [0.5, 0.6) is 0 Å². The number of aromatic nitrogens is 2. The number of hydrogen-bond acceptors (Lipinski definition) is 3. The number of carboxylic acid groups (broad SMARTS) is 1. The van der Waals surface area contributed by atoms with Gasteiger partial charge in [0.2, 0.25) is 0 Å². The molecule has 4 aromatic rings. The van der Waals surface area contributed by atoms with Crippen molar-refractivity contribution >= 4 is 11.9 Å². The molecular weight excluding hydrogens is 494 g/mol. The summed E-state index contributed by atoms with van der Waals surface area (Å²) in [5.41, 5.74) is -0.237. The molecule has 0 aliphatic carbocycles. The first-order chi connectivity index (χ1) is 17.5. The van der Waals surface area contributed by atoms with Gasteiger partial charge < -0.3 is 10.4 Å². The molecule has 1 amide bonds. The lowest BCUT2D eigenvalue weighted by atomic mass is 9.98. The number of aliphatic carboxylic acids is 1. The van der Waals surface area contributed by atoms with Crippen molar-refractivity contribution in [3.05, 3.63) is 112 Å². The molecule has 3 aromatic carbocycles. The number of nitrogens with zero attached hydrogens (tertiary/aromatic N) is 1. The smallest absolute Gasteiger partial charge is 0.416 e. The first kappa shape index (κ1) is 25.4. The minimum Gasteiger partial charge on any atom is -0.481 e. The number of alkyl halides is 3. The van der Waals surface area contributed by atoms with Crippen molar-refractivity contribution in [1.82, 2.24) is 15.1 Å². The van der Waals surface area contributed by atoms with Gasteiger partial charge in [-0.25, -0.2) is 9.07 Å². The molecule has 7 nitrogen and oxygen atoms in total. The van der Waals surface area contributed by atoms with E-state index in [0.29, 0.717) is 16.7 Å². The molecule has 0 saturated carbocycles. The van der Waals surface area contributed by atoms with E-state index in [1.54, 1.807) is 24.3 Å². The first-order valence-corrected chi connectivity index (χ1v) is 10.9. The van der Waals surface area contributed by atoms with Gasteiger partial charge in [0.25, 0.3) is 11.5 Å². The fraction of sp³-hybridized carbons (Fsp3) is 0.115. The third-order valence-electron chi connectivity index (χ3n) is 5.60. The first-order valence-electron chi connectivity index (χ1n) is 10.9. The number of hydrogen-bond donors (Lipinski definition) is 3. The molecule has 4 rings (SSSR count). The molecule has 1 atom stereocenters. The minimum atomic E-state index is -4.45. The lowest BCUT2D eigenvalue weighted by Gasteiger charge is -2.17. The van der Waals surface area contributed by atoms with E-state index >= 15 is 0 Å². The molecule has 0 fully saturated rings. The van der Waals surface area contributed by atoms with Crippen LogP contribution >= 0.6 is 0 Å². The predicted molar refractivity (Wildman–Crippen MR) is 126 cm³/mol. The number of H-pyrrole nitrogens is 1. The number of halogens is 4. The molecular formula is C26H19F4N3O4. The molecule has 0 bridgehead atoms. The maximum absolute atomic E-state index is 14.1. The van der Waals surface area contributed by atoms with Crippen molar-refractivity contribution in [1.29, 1.82) is 0 Å². The van der Waals surface area contributed by atoms with Gasteiger partial charge in [0.1, 0.15) is 17.2 Å². The maximum atomic E-state index is 14.1. The van der Waals surface area contributed by atoms with Crippen LogP contribution < -0.4 is 10.9 Å². The Morgan fingerprint density at radius 1 is 0.946 bits per heavy atom. The van der Waals surface area contributed by atoms with E-state index in [1.807, 2.05) is 0 Å². The van der Waals surface area contributed by atoms with Crippen LogP contribution in [-0.4, -0.2) is 26.8 Å². The van der Waals surface area contributed by atoms with Crippen LogP contribution in [0.15, 0.2) is 83.7 Å². The van der Waals surface area contributed by atoms with Gasteiger partial charge >= 0.3 is 12.1 Å². The highest BCUT2D eigenvalue weighted by Crippen LogP contribution is 2.31. The average molecular weight is 513 g/mol. The monoisotopic (exact) mass is 513 g/mol. The lowest BCUT2D eigenvalue weighted by Crippen LogP contribution is -2.30. The zero-order valence-corrected chi connectivity index (χ0v) is 18.9. The molecule has 3 N–H and O–H groups in total. The van der Waals surface area contributed by atoms with Crippen LogP contribution in [0.3, 0.4) is 0 Å². The van der Waals surface area contributed by atoms with Gasteiger partial charge in [-0.15, -0.1) is 0 Å². The normalized spacial score (nSPS) is 12.2. The summed E-state index contributed by atoms with van der Waals surface area (Å²) in [5.74, 6) is -2.67. The van der Waals surface area contributed by atoms with Crippen LogP contribution in [0.25, 0.3) is 16.8 Å². The number of amides is 1. The van der Waals surface area contributed by atoms with Gasteiger partial charge in [0.05, 0.1) is 18.0 Å². The molecule has 190 valence electrons. The van der Waals surface area contributed by atoms with E-state index in [2.05, 4.69) is 10.4 Å². The van der Waals surface area contributed by atoms with Crippen molar-refractivity contribution in [2.45, 2.75) is 18.6 Å². The summed E-state index contributed by atoms with van der Waals surface area (Å²) in [6.07, 6.45) is -4.94. The molecule has 1 aromatic heterocycles. The Morgan fingerprint density at radius 2 is 1.54 bits per heavy atom. The Balaban J connectivity index is 1.55. The number of para-hydroxylation sites is 1. The summed E-state index contributed by atoms with van der Waals surface area (Å²) in [6.45, 7) is 0. The molecule has 11 heteroatoms. The quantitative estimate of drug-likeness (QED) is 0.305. The summed E-state index contributed by atoms with van der Waals surface area (Å²) in [6, 6.07) is 16.3. The van der Waals surface area contributed by atoms with E-state index in [-0.39, 0.29) is 11.4 Å². The molecule has 1 heterocycles. The van der Waals surface area contributed by atoms with E-state index in [0.717, 1.165) is 28.9 Å². The number of benzene rings is 3. The van der Waals surface area contributed by atoms with Crippen molar-refractivity contribution in [2.75, 3.05) is 0 Å². The van der Waals surface area contributed by atoms with Crippen LogP contribution in [-0.2, 0) is 11.0 Å². The molecule has 0 radical (unpaired) electrons. The second kappa shape index (κ2) is 10.1. The number of carbonyl (C=O) groups is 2. The molecule has 1 unspecified atom stereocenters. The SMILES string of the molecule is O=C(O)CC(NC(=O)c1cc(=O)n(-c2ccccc2F)[nH]1)c1ccc(-c2ccc(C(F)(F)F)cc2)cc1.